The van der Waals surface area contributed by atoms with Crippen molar-refractivity contribution in [2.45, 2.75) is 32.5 Å². The van der Waals surface area contributed by atoms with Crippen molar-refractivity contribution in [1.29, 1.82) is 0 Å². The number of aromatic nitrogens is 1. The zero-order valence-corrected chi connectivity index (χ0v) is 11.9. The minimum atomic E-state index is -4.57. The van der Waals surface area contributed by atoms with Crippen LogP contribution < -0.4 is 10.6 Å². The van der Waals surface area contributed by atoms with Gasteiger partial charge in [-0.2, -0.15) is 13.2 Å². The van der Waals surface area contributed by atoms with Crippen molar-refractivity contribution in [2.24, 2.45) is 0 Å². The molecule has 4 nitrogen and oxygen atoms in total. The largest absolute Gasteiger partial charge is 0.433 e. The average molecular weight is 299 g/mol. The van der Waals surface area contributed by atoms with Crippen molar-refractivity contribution in [3.05, 3.63) is 23.4 Å². The van der Waals surface area contributed by atoms with Gasteiger partial charge in [-0.15, -0.1) is 6.42 Å². The van der Waals surface area contributed by atoms with E-state index in [2.05, 4.69) is 21.5 Å². The lowest BCUT2D eigenvalue weighted by molar-refractivity contribution is -0.141. The third-order valence-electron chi connectivity index (χ3n) is 2.56. The predicted octanol–water partition coefficient (Wildman–Crippen LogP) is 2.67. The smallest absolute Gasteiger partial charge is 0.370 e. The highest BCUT2D eigenvalue weighted by Crippen LogP contribution is 2.29. The van der Waals surface area contributed by atoms with E-state index in [1.165, 1.54) is 0 Å². The number of terminal acetylenes is 1. The molecule has 0 saturated heterocycles. The number of hydrogen-bond acceptors (Lipinski definition) is 3. The van der Waals surface area contributed by atoms with Crippen molar-refractivity contribution in [2.75, 3.05) is 11.9 Å². The van der Waals surface area contributed by atoms with Gasteiger partial charge in [-0.3, -0.25) is 4.79 Å². The molecular weight excluding hydrogens is 283 g/mol. The zero-order chi connectivity index (χ0) is 16.3. The molecule has 1 amide bonds. The molecule has 1 aromatic rings. The van der Waals surface area contributed by atoms with E-state index in [-0.39, 0.29) is 11.4 Å². The Morgan fingerprint density at radius 2 is 2.00 bits per heavy atom. The molecule has 1 heterocycles. The van der Waals surface area contributed by atoms with Crippen molar-refractivity contribution >= 4 is 11.7 Å². The summed E-state index contributed by atoms with van der Waals surface area (Å²) in [6.45, 7) is 5.23. The summed E-state index contributed by atoms with van der Waals surface area (Å²) in [5, 5.41) is 5.19. The Hall–Kier alpha value is -2.23. The van der Waals surface area contributed by atoms with Crippen molar-refractivity contribution in [3.63, 3.8) is 0 Å². The van der Waals surface area contributed by atoms with E-state index >= 15 is 0 Å². The molecule has 0 atom stereocenters. The summed E-state index contributed by atoms with van der Waals surface area (Å²) in [7, 11) is 0. The van der Waals surface area contributed by atoms with E-state index in [0.717, 1.165) is 12.1 Å². The monoisotopic (exact) mass is 299 g/mol. The lowest BCUT2D eigenvalue weighted by Crippen LogP contribution is -2.42. The van der Waals surface area contributed by atoms with Crippen LogP contribution in [0.25, 0.3) is 0 Å². The number of carbonyl (C=O) groups excluding carboxylic acids is 1. The molecule has 2 N–H and O–H groups in total. The van der Waals surface area contributed by atoms with E-state index < -0.39 is 23.3 Å². The van der Waals surface area contributed by atoms with Gasteiger partial charge in [-0.25, -0.2) is 4.98 Å². The molecule has 0 aliphatic heterocycles. The SMILES string of the molecule is C#CC(C)(C)NC(=O)c1ccc(C(F)(F)F)nc1NCC. The van der Waals surface area contributed by atoms with Crippen LogP contribution in [0.15, 0.2) is 12.1 Å². The maximum Gasteiger partial charge on any atom is 0.433 e. The zero-order valence-electron chi connectivity index (χ0n) is 11.9. The van der Waals surface area contributed by atoms with Gasteiger partial charge in [0.05, 0.1) is 11.1 Å². The molecule has 0 spiro atoms. The second kappa shape index (κ2) is 6.04. The summed E-state index contributed by atoms with van der Waals surface area (Å²) >= 11 is 0. The fraction of sp³-hybridized carbons (Fsp3) is 0.429. The van der Waals surface area contributed by atoms with E-state index in [0.29, 0.717) is 6.54 Å². The van der Waals surface area contributed by atoms with Crippen LogP contribution in [0.2, 0.25) is 0 Å². The standard InChI is InChI=1S/C14H16F3N3O/c1-5-13(3,4)20-12(21)9-7-8-10(14(15,16)17)19-11(9)18-6-2/h1,7-8H,6H2,2-4H3,(H,18,19)(H,20,21). The Labute approximate surface area is 121 Å². The number of pyridine rings is 1. The topological polar surface area (TPSA) is 54.0 Å². The Bertz CT molecular complexity index is 574. The Balaban J connectivity index is 3.18. The first kappa shape index (κ1) is 16.8. The summed E-state index contributed by atoms with van der Waals surface area (Å²) in [5.74, 6) is 1.66. The minimum Gasteiger partial charge on any atom is -0.370 e. The fourth-order valence-electron chi connectivity index (χ4n) is 1.49. The maximum atomic E-state index is 12.6. The van der Waals surface area contributed by atoms with E-state index in [9.17, 15) is 18.0 Å². The first-order valence-electron chi connectivity index (χ1n) is 6.23. The molecule has 7 heteroatoms. The number of halogens is 3. The van der Waals surface area contributed by atoms with Crippen molar-refractivity contribution in [3.8, 4) is 12.3 Å². The lowest BCUT2D eigenvalue weighted by Gasteiger charge is -2.21. The van der Waals surface area contributed by atoms with E-state index in [1.54, 1.807) is 20.8 Å². The molecule has 0 saturated carbocycles. The van der Waals surface area contributed by atoms with Crippen LogP contribution in [0.3, 0.4) is 0 Å². The summed E-state index contributed by atoms with van der Waals surface area (Å²) in [5.41, 5.74) is -1.97. The summed E-state index contributed by atoms with van der Waals surface area (Å²) in [6, 6.07) is 1.84. The molecule has 0 bridgehead atoms. The van der Waals surface area contributed by atoms with E-state index in [1.807, 2.05) is 0 Å². The summed E-state index contributed by atoms with van der Waals surface area (Å²) in [4.78, 5) is 15.6. The fourth-order valence-corrected chi connectivity index (χ4v) is 1.49. The van der Waals surface area contributed by atoms with Crippen LogP contribution >= 0.6 is 0 Å². The van der Waals surface area contributed by atoms with Gasteiger partial charge in [0.1, 0.15) is 11.5 Å². The Kier molecular flexibility index (Phi) is 4.84. The summed E-state index contributed by atoms with van der Waals surface area (Å²) < 4.78 is 37.9. The highest BCUT2D eigenvalue weighted by atomic mass is 19.4. The normalized spacial score (nSPS) is 11.7. The van der Waals surface area contributed by atoms with Gasteiger partial charge >= 0.3 is 6.18 Å². The first-order chi connectivity index (χ1) is 9.60. The quantitative estimate of drug-likeness (QED) is 0.840. The number of nitrogens with one attached hydrogen (secondary N) is 2. The third kappa shape index (κ3) is 4.38. The number of hydrogen-bond donors (Lipinski definition) is 2. The van der Waals surface area contributed by atoms with Gasteiger partial charge in [0.15, 0.2) is 0 Å². The minimum absolute atomic E-state index is 0.00757. The Morgan fingerprint density at radius 3 is 2.48 bits per heavy atom. The molecule has 0 radical (unpaired) electrons. The number of alkyl halides is 3. The summed E-state index contributed by atoms with van der Waals surface area (Å²) in [6.07, 6.45) is 0.694. The van der Waals surface area contributed by atoms with Gasteiger partial charge in [-0.05, 0) is 32.9 Å². The second-order valence-electron chi connectivity index (χ2n) is 4.84. The van der Waals surface area contributed by atoms with Gasteiger partial charge in [-0.1, -0.05) is 5.92 Å². The van der Waals surface area contributed by atoms with Crippen LogP contribution in [-0.4, -0.2) is 23.0 Å². The molecular formula is C14H16F3N3O. The molecule has 1 aromatic heterocycles. The highest BCUT2D eigenvalue weighted by Gasteiger charge is 2.33. The van der Waals surface area contributed by atoms with Gasteiger partial charge in [0.2, 0.25) is 0 Å². The first-order valence-corrected chi connectivity index (χ1v) is 6.23. The average Bonchev–Trinajstić information content (AvgIpc) is 2.37. The Morgan fingerprint density at radius 1 is 1.38 bits per heavy atom. The van der Waals surface area contributed by atoms with Crippen LogP contribution in [0, 0.1) is 12.3 Å². The highest BCUT2D eigenvalue weighted by molar-refractivity contribution is 5.99. The van der Waals surface area contributed by atoms with Crippen LogP contribution in [-0.2, 0) is 6.18 Å². The maximum absolute atomic E-state index is 12.6. The molecule has 1 rings (SSSR count). The molecule has 21 heavy (non-hydrogen) atoms. The van der Waals surface area contributed by atoms with Gasteiger partial charge in [0.25, 0.3) is 5.91 Å². The third-order valence-corrected chi connectivity index (χ3v) is 2.56. The number of nitrogens with zero attached hydrogens (tertiary/aromatic N) is 1. The predicted molar refractivity (Wildman–Crippen MR) is 73.8 cm³/mol. The number of amides is 1. The second-order valence-corrected chi connectivity index (χ2v) is 4.84. The molecule has 114 valence electrons. The van der Waals surface area contributed by atoms with Crippen molar-refractivity contribution in [1.82, 2.24) is 10.3 Å². The van der Waals surface area contributed by atoms with Crippen LogP contribution in [0.5, 0.6) is 0 Å². The van der Waals surface area contributed by atoms with Crippen LogP contribution in [0.1, 0.15) is 36.8 Å². The number of rotatable bonds is 4. The molecule has 0 fully saturated rings. The molecule has 0 aliphatic rings. The van der Waals surface area contributed by atoms with Gasteiger partial charge < -0.3 is 10.6 Å². The van der Waals surface area contributed by atoms with Crippen molar-refractivity contribution < 1.29 is 18.0 Å². The number of carbonyl (C=O) groups is 1. The molecule has 0 aromatic carbocycles. The number of anilines is 1. The lowest BCUT2D eigenvalue weighted by atomic mass is 10.1. The molecule has 0 unspecified atom stereocenters. The van der Waals surface area contributed by atoms with E-state index in [4.69, 9.17) is 6.42 Å². The molecule has 0 aliphatic carbocycles. The van der Waals surface area contributed by atoms with Gasteiger partial charge in [0, 0.05) is 6.54 Å². The van der Waals surface area contributed by atoms with Crippen LogP contribution in [0.4, 0.5) is 19.0 Å².